The molecule has 3 amide bonds. The van der Waals surface area contributed by atoms with Crippen molar-refractivity contribution in [3.05, 3.63) is 72.6 Å². The van der Waals surface area contributed by atoms with Crippen molar-refractivity contribution >= 4 is 33.4 Å². The van der Waals surface area contributed by atoms with Crippen LogP contribution in [0.3, 0.4) is 0 Å². The number of carbonyl (C=O) groups excluding carboxylic acids is 3. The van der Waals surface area contributed by atoms with Crippen LogP contribution in [-0.2, 0) is 29.6 Å². The molecular weight excluding hydrogens is 698 g/mol. The van der Waals surface area contributed by atoms with E-state index in [4.69, 9.17) is 4.74 Å². The maximum absolute atomic E-state index is 14.9. The Hall–Kier alpha value is -3.97. The first-order valence-corrected chi connectivity index (χ1v) is 20.6. The highest BCUT2D eigenvalue weighted by atomic mass is 32.2. The highest BCUT2D eigenvalue weighted by Crippen LogP contribution is 2.50. The molecule has 0 bridgehead atoms. The minimum absolute atomic E-state index is 0.00724. The van der Waals surface area contributed by atoms with Gasteiger partial charge in [-0.15, -0.1) is 0 Å². The highest BCUT2D eigenvalue weighted by Gasteiger charge is 2.52. The Morgan fingerprint density at radius 2 is 1.72 bits per heavy atom. The Morgan fingerprint density at radius 1 is 0.981 bits per heavy atom. The lowest BCUT2D eigenvalue weighted by Gasteiger charge is -2.51. The van der Waals surface area contributed by atoms with Gasteiger partial charge in [0.05, 0.1) is 17.3 Å². The van der Waals surface area contributed by atoms with Crippen LogP contribution in [-0.4, -0.2) is 107 Å². The second kappa shape index (κ2) is 16.6. The predicted octanol–water partition coefficient (Wildman–Crippen LogP) is 4.52. The third-order valence-electron chi connectivity index (χ3n) is 12.3. The van der Waals surface area contributed by atoms with Crippen LogP contribution < -0.4 is 15.5 Å². The fourth-order valence-electron chi connectivity index (χ4n) is 9.59. The number of methoxy groups -OCH3 is 1. The third-order valence-corrected chi connectivity index (χ3v) is 14.5. The fourth-order valence-corrected chi connectivity index (χ4v) is 11.3. The normalized spacial score (nSPS) is 24.2. The van der Waals surface area contributed by atoms with Crippen molar-refractivity contribution in [3.8, 4) is 0 Å². The zero-order valence-corrected chi connectivity index (χ0v) is 31.8. The minimum atomic E-state index is -3.57. The molecule has 6 rings (SSSR count). The van der Waals surface area contributed by atoms with E-state index >= 15 is 0 Å². The highest BCUT2D eigenvalue weighted by molar-refractivity contribution is 7.92. The summed E-state index contributed by atoms with van der Waals surface area (Å²) in [4.78, 5) is 43.5. The molecule has 0 radical (unpaired) electrons. The molecule has 13 heteroatoms. The number of hydrogen-bond donors (Lipinski definition) is 2. The molecule has 2 N–H and O–H groups in total. The molecule has 1 saturated carbocycles. The van der Waals surface area contributed by atoms with E-state index < -0.39 is 26.6 Å². The van der Waals surface area contributed by atoms with Gasteiger partial charge < -0.3 is 30.1 Å². The fraction of sp³-hybridized carbons (Fsp3) is 0.575. The first-order valence-electron chi connectivity index (χ1n) is 19.0. The number of sulfone groups is 1. The van der Waals surface area contributed by atoms with Crippen LogP contribution in [0.25, 0.3) is 0 Å². The van der Waals surface area contributed by atoms with Crippen molar-refractivity contribution < 1.29 is 31.9 Å². The average molecular weight is 752 g/mol. The summed E-state index contributed by atoms with van der Waals surface area (Å²) >= 11 is 0. The Morgan fingerprint density at radius 3 is 2.38 bits per heavy atom. The van der Waals surface area contributed by atoms with Crippen molar-refractivity contribution in [2.24, 2.45) is 17.8 Å². The van der Waals surface area contributed by atoms with Gasteiger partial charge in [-0.2, -0.15) is 0 Å². The van der Waals surface area contributed by atoms with Crippen LogP contribution in [0.1, 0.15) is 57.4 Å². The van der Waals surface area contributed by atoms with E-state index in [2.05, 4.69) is 27.0 Å². The van der Waals surface area contributed by atoms with E-state index in [1.165, 1.54) is 26.2 Å². The van der Waals surface area contributed by atoms with Crippen molar-refractivity contribution in [1.82, 2.24) is 20.4 Å². The Balaban J connectivity index is 1.08. The lowest BCUT2D eigenvalue weighted by Crippen LogP contribution is -2.58. The molecule has 288 valence electrons. The molecule has 2 aromatic carbocycles. The van der Waals surface area contributed by atoms with Crippen LogP contribution in [0.5, 0.6) is 0 Å². The van der Waals surface area contributed by atoms with Gasteiger partial charge in [-0.05, 0) is 111 Å². The van der Waals surface area contributed by atoms with Crippen molar-refractivity contribution in [1.29, 1.82) is 0 Å². The van der Waals surface area contributed by atoms with Gasteiger partial charge in [0.2, 0.25) is 11.8 Å². The van der Waals surface area contributed by atoms with E-state index in [1.807, 2.05) is 18.2 Å². The van der Waals surface area contributed by atoms with Crippen LogP contribution in [0.4, 0.5) is 14.9 Å². The summed E-state index contributed by atoms with van der Waals surface area (Å²) < 4.78 is 46.7. The average Bonchev–Trinajstić information content (AvgIpc) is 3.61. The van der Waals surface area contributed by atoms with Gasteiger partial charge in [0, 0.05) is 69.3 Å². The van der Waals surface area contributed by atoms with Gasteiger partial charge in [-0.3, -0.25) is 9.59 Å². The number of anilines is 1. The number of nitrogens with zero attached hydrogens (tertiary/aromatic N) is 3. The maximum Gasteiger partial charge on any atom is 0.407 e. The predicted molar refractivity (Wildman–Crippen MR) is 202 cm³/mol. The number of piperidine rings is 2. The van der Waals surface area contributed by atoms with Crippen molar-refractivity contribution in [2.45, 2.75) is 73.5 Å². The quantitative estimate of drug-likeness (QED) is 0.303. The number of rotatable bonds is 12. The first-order chi connectivity index (χ1) is 25.4. The van der Waals surface area contributed by atoms with Crippen LogP contribution in [0.15, 0.2) is 66.1 Å². The number of amides is 3. The second-order valence-corrected chi connectivity index (χ2v) is 17.6. The van der Waals surface area contributed by atoms with E-state index in [0.29, 0.717) is 31.8 Å². The van der Waals surface area contributed by atoms with Crippen LogP contribution in [0, 0.1) is 23.6 Å². The van der Waals surface area contributed by atoms with Crippen molar-refractivity contribution in [2.75, 3.05) is 64.4 Å². The number of nitrogens with one attached hydrogen (secondary N) is 2. The topological polar surface area (TPSA) is 128 Å². The number of alkyl carbamates (subject to hydrolysis) is 1. The Bertz CT molecular complexity index is 1740. The molecule has 3 heterocycles. The van der Waals surface area contributed by atoms with E-state index in [0.717, 1.165) is 76.1 Å². The third kappa shape index (κ3) is 8.41. The molecule has 0 spiro atoms. The van der Waals surface area contributed by atoms with Gasteiger partial charge in [0.15, 0.2) is 9.84 Å². The number of benzene rings is 2. The summed E-state index contributed by atoms with van der Waals surface area (Å²) in [6.07, 6.45) is 6.27. The summed E-state index contributed by atoms with van der Waals surface area (Å²) in [7, 11) is -2.21. The van der Waals surface area contributed by atoms with E-state index in [9.17, 15) is 27.2 Å². The van der Waals surface area contributed by atoms with Gasteiger partial charge >= 0.3 is 6.09 Å². The molecule has 0 aromatic heterocycles. The number of hydrogen-bond acceptors (Lipinski definition) is 8. The molecule has 0 unspecified atom stereocenters. The maximum atomic E-state index is 14.9. The zero-order chi connectivity index (χ0) is 37.8. The molecule has 1 aliphatic carbocycles. The van der Waals surface area contributed by atoms with E-state index in [1.54, 1.807) is 29.2 Å². The largest absolute Gasteiger partial charge is 0.453 e. The second-order valence-electron chi connectivity index (χ2n) is 15.4. The number of halogens is 1. The molecule has 3 aliphatic heterocycles. The Kier molecular flexibility index (Phi) is 12.1. The van der Waals surface area contributed by atoms with Gasteiger partial charge in [-0.25, -0.2) is 17.6 Å². The monoisotopic (exact) mass is 751 g/mol. The summed E-state index contributed by atoms with van der Waals surface area (Å²) in [5, 5.41) is 5.56. The summed E-state index contributed by atoms with van der Waals surface area (Å²) in [5.41, 5.74) is 1.29. The SMILES string of the molecule is C=CC(=O)N1CCC[C@@H](S(=O)(=O)c2ccc(N3CC(CN4CCC([C@@](CNC(C)=O)(c5cccc(F)c5)[C@H]5CCC[C@@H]5NC(=O)OC)CC4)C3)cc2)C1. The molecule has 4 aliphatic rings. The number of likely N-dealkylation sites (tertiary alicyclic amines) is 2. The molecule has 4 atom stereocenters. The van der Waals surface area contributed by atoms with Gasteiger partial charge in [0.25, 0.3) is 0 Å². The molecule has 2 aromatic rings. The summed E-state index contributed by atoms with van der Waals surface area (Å²) in [6, 6.07) is 13.8. The van der Waals surface area contributed by atoms with Gasteiger partial charge in [-0.1, -0.05) is 25.1 Å². The lowest BCUT2D eigenvalue weighted by molar-refractivity contribution is -0.126. The smallest absolute Gasteiger partial charge is 0.407 e. The molecule has 53 heavy (non-hydrogen) atoms. The van der Waals surface area contributed by atoms with Crippen molar-refractivity contribution in [3.63, 3.8) is 0 Å². The zero-order valence-electron chi connectivity index (χ0n) is 31.0. The standard InChI is InChI=1S/C40H54FN5O6S/c1-4-38(48)45-19-7-10-35(26-45)53(50,51)34-15-13-33(14-16-34)46-24-29(25-46)23-44-20-17-30(18-21-44)40(27-42-28(2)47,31-8-5-9-32(41)22-31)36-11-6-12-37(36)43-39(49)52-3/h4-5,8-9,13-16,22,29-30,35-37H,1,6-7,10-12,17-21,23-27H2,2-3H3,(H,42,47)(H,43,49)/t35-,36+,37+,40+/m1/s1. The van der Waals surface area contributed by atoms with E-state index in [-0.39, 0.29) is 46.9 Å². The molecule has 4 fully saturated rings. The van der Waals surface area contributed by atoms with Crippen LogP contribution >= 0.6 is 0 Å². The summed E-state index contributed by atoms with van der Waals surface area (Å²) in [6.45, 7) is 10.6. The molecule has 3 saturated heterocycles. The summed E-state index contributed by atoms with van der Waals surface area (Å²) in [5.74, 6) is -0.0612. The number of carbonyl (C=O) groups is 3. The van der Waals surface area contributed by atoms with Gasteiger partial charge in [0.1, 0.15) is 5.82 Å². The molecule has 11 nitrogen and oxygen atoms in total. The first kappa shape index (κ1) is 38.7. The Labute approximate surface area is 313 Å². The number of ether oxygens (including phenoxy) is 1. The lowest BCUT2D eigenvalue weighted by atomic mass is 9.58. The van der Waals surface area contributed by atoms with Crippen LogP contribution in [0.2, 0.25) is 0 Å². The molecular formula is C40H54FN5O6S. The minimum Gasteiger partial charge on any atom is -0.453 e.